The van der Waals surface area contributed by atoms with Crippen LogP contribution in [0.25, 0.3) is 10.8 Å². The maximum Gasteiger partial charge on any atom is 0.261 e. The number of hydrogen-bond acceptors (Lipinski definition) is 4. The summed E-state index contributed by atoms with van der Waals surface area (Å²) in [7, 11) is 1.67. The minimum absolute atomic E-state index is 0.0269. The lowest BCUT2D eigenvalue weighted by Crippen LogP contribution is -2.54. The average molecular weight is 397 g/mol. The quantitative estimate of drug-likeness (QED) is 0.797. The number of benzene rings is 2. The van der Waals surface area contributed by atoms with Gasteiger partial charge in [0.2, 0.25) is 0 Å². The highest BCUT2D eigenvalue weighted by molar-refractivity contribution is 5.93. The summed E-state index contributed by atoms with van der Waals surface area (Å²) in [4.78, 5) is 15.5. The third-order valence-electron chi connectivity index (χ3n) is 6.40. The van der Waals surface area contributed by atoms with E-state index in [-0.39, 0.29) is 11.9 Å². The molecule has 156 valence electrons. The van der Waals surface area contributed by atoms with Crippen LogP contribution < -0.4 is 14.8 Å². The summed E-state index contributed by atoms with van der Waals surface area (Å²) < 4.78 is 11.6. The molecule has 1 heterocycles. The first-order valence-corrected chi connectivity index (χ1v) is 10.9. The molecular weight excluding hydrogens is 364 g/mol. The van der Waals surface area contributed by atoms with Gasteiger partial charge in [0.05, 0.1) is 7.11 Å². The molecule has 0 spiro atoms. The molecule has 0 bridgehead atoms. The lowest BCUT2D eigenvalue weighted by Gasteiger charge is -2.38. The van der Waals surface area contributed by atoms with Crippen LogP contribution >= 0.6 is 0 Å². The zero-order valence-corrected chi connectivity index (χ0v) is 17.5. The molecule has 2 aliphatic rings. The van der Waals surface area contributed by atoms with E-state index in [9.17, 15) is 4.79 Å². The molecule has 2 aromatic rings. The van der Waals surface area contributed by atoms with Crippen LogP contribution in [0.1, 0.15) is 45.4 Å². The van der Waals surface area contributed by atoms with Crippen LogP contribution in [-0.4, -0.2) is 49.2 Å². The number of hydrogen-bond donors (Lipinski definition) is 1. The summed E-state index contributed by atoms with van der Waals surface area (Å²) in [5.41, 5.74) is 0. The summed E-state index contributed by atoms with van der Waals surface area (Å²) in [6.45, 7) is 4.17. The predicted molar refractivity (Wildman–Crippen MR) is 116 cm³/mol. The first-order valence-electron chi connectivity index (χ1n) is 10.9. The number of ether oxygens (including phenoxy) is 2. The summed E-state index contributed by atoms with van der Waals surface area (Å²) in [5.74, 6) is 1.49. The molecule has 3 atom stereocenters. The second-order valence-corrected chi connectivity index (χ2v) is 8.28. The molecule has 1 saturated carbocycles. The van der Waals surface area contributed by atoms with E-state index in [2.05, 4.69) is 10.2 Å². The first kappa shape index (κ1) is 20.0. The second-order valence-electron chi connectivity index (χ2n) is 8.28. The number of nitrogens with zero attached hydrogens (tertiary/aromatic N) is 1. The van der Waals surface area contributed by atoms with Gasteiger partial charge in [0.1, 0.15) is 11.5 Å². The summed E-state index contributed by atoms with van der Waals surface area (Å²) in [6.07, 6.45) is 6.70. The van der Waals surface area contributed by atoms with Crippen molar-refractivity contribution in [3.8, 4) is 11.5 Å². The number of carbonyl (C=O) groups excluding carboxylic acids is 1. The molecule has 1 N–H and O–H groups in total. The van der Waals surface area contributed by atoms with Crippen molar-refractivity contribution in [3.05, 3.63) is 36.4 Å². The fraction of sp³-hybridized carbons (Fsp3) is 0.542. The van der Waals surface area contributed by atoms with Crippen LogP contribution in [0.2, 0.25) is 0 Å². The molecule has 1 aliphatic heterocycles. The van der Waals surface area contributed by atoms with Crippen molar-refractivity contribution in [1.29, 1.82) is 0 Å². The monoisotopic (exact) mass is 396 g/mol. The molecule has 3 unspecified atom stereocenters. The fourth-order valence-corrected chi connectivity index (χ4v) is 4.86. The lowest BCUT2D eigenvalue weighted by atomic mass is 9.89. The standard InChI is InChI=1S/C24H32N2O3/c1-17(29-23-14-13-22(28-2)18-9-3-4-10-19(18)23)24(27)25-20-11-5-6-12-21(20)26-15-7-8-16-26/h3-4,9-10,13-14,17,20-21H,5-8,11-12,15-16H2,1-2H3,(H,25,27). The topological polar surface area (TPSA) is 50.8 Å². The minimum atomic E-state index is -0.548. The van der Waals surface area contributed by atoms with Crippen molar-refractivity contribution in [2.45, 2.75) is 63.6 Å². The Hall–Kier alpha value is -2.27. The molecule has 0 aromatic heterocycles. The fourth-order valence-electron chi connectivity index (χ4n) is 4.86. The number of rotatable bonds is 6. The Kier molecular flexibility index (Phi) is 6.24. The SMILES string of the molecule is COc1ccc(OC(C)C(=O)NC2CCCCC2N2CCCC2)c2ccccc12. The van der Waals surface area contributed by atoms with Gasteiger partial charge in [0.25, 0.3) is 5.91 Å². The maximum absolute atomic E-state index is 13.0. The van der Waals surface area contributed by atoms with Crippen molar-refractivity contribution < 1.29 is 14.3 Å². The van der Waals surface area contributed by atoms with Gasteiger partial charge in [0.15, 0.2) is 6.10 Å². The molecule has 1 amide bonds. The summed E-state index contributed by atoms with van der Waals surface area (Å²) in [6, 6.07) is 12.5. The van der Waals surface area contributed by atoms with E-state index in [0.717, 1.165) is 22.9 Å². The minimum Gasteiger partial charge on any atom is -0.496 e. The normalized spacial score (nSPS) is 23.7. The lowest BCUT2D eigenvalue weighted by molar-refractivity contribution is -0.128. The van der Waals surface area contributed by atoms with Crippen LogP contribution in [0, 0.1) is 0 Å². The van der Waals surface area contributed by atoms with E-state index in [1.54, 1.807) is 7.11 Å². The van der Waals surface area contributed by atoms with Crippen LogP contribution in [0.4, 0.5) is 0 Å². The van der Waals surface area contributed by atoms with Crippen LogP contribution in [-0.2, 0) is 4.79 Å². The maximum atomic E-state index is 13.0. The highest BCUT2D eigenvalue weighted by Gasteiger charge is 2.33. The Bertz CT molecular complexity index is 847. The van der Waals surface area contributed by atoms with Crippen molar-refractivity contribution in [3.63, 3.8) is 0 Å². The van der Waals surface area contributed by atoms with Crippen molar-refractivity contribution in [2.24, 2.45) is 0 Å². The van der Waals surface area contributed by atoms with Crippen molar-refractivity contribution in [2.75, 3.05) is 20.2 Å². The molecule has 1 aliphatic carbocycles. The summed E-state index contributed by atoms with van der Waals surface area (Å²) in [5, 5.41) is 5.25. The predicted octanol–water partition coefficient (Wildman–Crippen LogP) is 4.14. The number of methoxy groups -OCH3 is 1. The number of nitrogens with one attached hydrogen (secondary N) is 1. The van der Waals surface area contributed by atoms with E-state index in [0.29, 0.717) is 11.8 Å². The molecule has 0 radical (unpaired) electrons. The second kappa shape index (κ2) is 9.04. The third kappa shape index (κ3) is 4.35. The highest BCUT2D eigenvalue weighted by atomic mass is 16.5. The highest BCUT2D eigenvalue weighted by Crippen LogP contribution is 2.33. The van der Waals surface area contributed by atoms with Crippen LogP contribution in [0.15, 0.2) is 36.4 Å². The Labute approximate surface area is 173 Å². The zero-order valence-electron chi connectivity index (χ0n) is 17.5. The van der Waals surface area contributed by atoms with Gasteiger partial charge in [-0.15, -0.1) is 0 Å². The van der Waals surface area contributed by atoms with Gasteiger partial charge in [0, 0.05) is 22.9 Å². The molecule has 1 saturated heterocycles. The van der Waals surface area contributed by atoms with Crippen molar-refractivity contribution >= 4 is 16.7 Å². The van der Waals surface area contributed by atoms with Gasteiger partial charge in [-0.1, -0.05) is 37.1 Å². The van der Waals surface area contributed by atoms with Gasteiger partial charge in [-0.05, 0) is 57.8 Å². The molecule has 2 fully saturated rings. The van der Waals surface area contributed by atoms with Gasteiger partial charge in [-0.2, -0.15) is 0 Å². The Morgan fingerprint density at radius 2 is 1.66 bits per heavy atom. The summed E-state index contributed by atoms with van der Waals surface area (Å²) >= 11 is 0. The van der Waals surface area contributed by atoms with Gasteiger partial charge in [-0.25, -0.2) is 0 Å². The van der Waals surface area contributed by atoms with E-state index in [1.165, 1.54) is 45.2 Å². The van der Waals surface area contributed by atoms with E-state index < -0.39 is 6.10 Å². The van der Waals surface area contributed by atoms with Gasteiger partial charge < -0.3 is 14.8 Å². The molecule has 5 heteroatoms. The van der Waals surface area contributed by atoms with E-state index >= 15 is 0 Å². The van der Waals surface area contributed by atoms with E-state index in [4.69, 9.17) is 9.47 Å². The number of amides is 1. The number of fused-ring (bicyclic) bond motifs is 1. The average Bonchev–Trinajstić information content (AvgIpc) is 3.29. The van der Waals surface area contributed by atoms with Crippen molar-refractivity contribution in [1.82, 2.24) is 10.2 Å². The largest absolute Gasteiger partial charge is 0.496 e. The van der Waals surface area contributed by atoms with Crippen LogP contribution in [0.3, 0.4) is 0 Å². The Morgan fingerprint density at radius 3 is 2.38 bits per heavy atom. The van der Waals surface area contributed by atoms with Crippen LogP contribution in [0.5, 0.6) is 11.5 Å². The van der Waals surface area contributed by atoms with Gasteiger partial charge in [-0.3, -0.25) is 9.69 Å². The Balaban J connectivity index is 1.45. The molecule has 29 heavy (non-hydrogen) atoms. The smallest absolute Gasteiger partial charge is 0.261 e. The number of carbonyl (C=O) groups is 1. The molecule has 5 nitrogen and oxygen atoms in total. The number of likely N-dealkylation sites (tertiary alicyclic amines) is 1. The molecular formula is C24H32N2O3. The van der Waals surface area contributed by atoms with E-state index in [1.807, 2.05) is 43.3 Å². The Morgan fingerprint density at radius 1 is 1.00 bits per heavy atom. The third-order valence-corrected chi connectivity index (χ3v) is 6.40. The van der Waals surface area contributed by atoms with Gasteiger partial charge >= 0.3 is 0 Å². The molecule has 4 rings (SSSR count). The first-order chi connectivity index (χ1) is 14.2. The molecule has 2 aromatic carbocycles. The zero-order chi connectivity index (χ0) is 20.2.